The van der Waals surface area contributed by atoms with Gasteiger partial charge in [0.05, 0.1) is 5.02 Å². The van der Waals surface area contributed by atoms with Gasteiger partial charge in [0.25, 0.3) is 5.88 Å². The minimum Gasteiger partial charge on any atom is -0.459 e. The molecule has 3 heterocycles. The zero-order chi connectivity index (χ0) is 18.2. The summed E-state index contributed by atoms with van der Waals surface area (Å²) in [5, 5.41) is 3.13. The van der Waals surface area contributed by atoms with E-state index in [0.29, 0.717) is 25.9 Å². The average Bonchev–Trinajstić information content (AvgIpc) is 2.57. The molecule has 1 amide bonds. The Morgan fingerprint density at radius 3 is 2.72 bits per heavy atom. The van der Waals surface area contributed by atoms with Gasteiger partial charge in [0, 0.05) is 38.2 Å². The molecule has 2 aliphatic rings. The van der Waals surface area contributed by atoms with Crippen molar-refractivity contribution in [3.05, 3.63) is 17.3 Å². The zero-order valence-corrected chi connectivity index (χ0v) is 13.6. The van der Waals surface area contributed by atoms with E-state index in [-0.39, 0.29) is 16.6 Å². The van der Waals surface area contributed by atoms with E-state index in [2.05, 4.69) is 10.3 Å². The van der Waals surface area contributed by atoms with Crippen molar-refractivity contribution in [1.82, 2.24) is 14.9 Å². The fourth-order valence-corrected chi connectivity index (χ4v) is 3.21. The smallest absolute Gasteiger partial charge is 0.459 e. The highest BCUT2D eigenvalue weighted by molar-refractivity contribution is 6.30. The Labute approximate surface area is 145 Å². The van der Waals surface area contributed by atoms with Crippen LogP contribution >= 0.6 is 11.6 Å². The zero-order valence-electron chi connectivity index (χ0n) is 12.8. The first-order valence-electron chi connectivity index (χ1n) is 7.47. The lowest BCUT2D eigenvalue weighted by Crippen LogP contribution is -2.67. The SMILES string of the molecule is O=C(O[N+]1(C2CCNCC2)C(=O)COc2ncc(Cl)cc21)C(F)(F)F. The molecule has 1 aromatic heterocycles. The highest BCUT2D eigenvalue weighted by Crippen LogP contribution is 2.42. The van der Waals surface area contributed by atoms with Gasteiger partial charge in [-0.2, -0.15) is 13.2 Å². The van der Waals surface area contributed by atoms with Crippen LogP contribution in [0.4, 0.5) is 18.9 Å². The summed E-state index contributed by atoms with van der Waals surface area (Å²) in [6, 6.07) is 0.537. The molecule has 1 N–H and O–H groups in total. The van der Waals surface area contributed by atoms with E-state index in [1.165, 1.54) is 12.3 Å². The maximum absolute atomic E-state index is 12.8. The molecule has 25 heavy (non-hydrogen) atoms. The van der Waals surface area contributed by atoms with Gasteiger partial charge in [0.15, 0.2) is 0 Å². The molecule has 136 valence electrons. The molecule has 1 unspecified atom stereocenters. The van der Waals surface area contributed by atoms with Gasteiger partial charge in [-0.25, -0.2) is 14.6 Å². The molecular formula is C14H14ClF3N3O4+. The second-order valence-electron chi connectivity index (χ2n) is 5.68. The first-order valence-corrected chi connectivity index (χ1v) is 7.85. The normalized spacial score (nSPS) is 24.4. The second kappa shape index (κ2) is 6.43. The number of quaternary nitrogens is 1. The number of hydrogen-bond donors (Lipinski definition) is 1. The Hall–Kier alpha value is -1.91. The van der Waals surface area contributed by atoms with Crippen molar-refractivity contribution in [3.63, 3.8) is 0 Å². The first kappa shape index (κ1) is 17.9. The highest BCUT2D eigenvalue weighted by Gasteiger charge is 2.60. The van der Waals surface area contributed by atoms with Gasteiger partial charge in [-0.05, 0) is 4.65 Å². The summed E-state index contributed by atoms with van der Waals surface area (Å²) in [5.74, 6) is -3.36. The maximum Gasteiger partial charge on any atom is 0.497 e. The van der Waals surface area contributed by atoms with Crippen molar-refractivity contribution in [2.24, 2.45) is 0 Å². The molecule has 1 saturated heterocycles. The molecule has 0 radical (unpaired) electrons. The summed E-state index contributed by atoms with van der Waals surface area (Å²) in [7, 11) is 0. The van der Waals surface area contributed by atoms with E-state index in [1.807, 2.05) is 0 Å². The summed E-state index contributed by atoms with van der Waals surface area (Å²) in [5.41, 5.74) is -0.103. The van der Waals surface area contributed by atoms with Crippen LogP contribution in [0.15, 0.2) is 12.3 Å². The number of carbonyl (C=O) groups excluding carboxylic acids is 2. The first-order chi connectivity index (χ1) is 11.7. The minimum atomic E-state index is -5.25. The summed E-state index contributed by atoms with van der Waals surface area (Å²) >= 11 is 5.90. The van der Waals surface area contributed by atoms with Gasteiger partial charge < -0.3 is 10.1 Å². The molecular weight excluding hydrogens is 367 g/mol. The molecule has 3 rings (SSSR count). The summed E-state index contributed by atoms with van der Waals surface area (Å²) in [4.78, 5) is 33.0. The number of rotatable bonds is 2. The molecule has 7 nitrogen and oxygen atoms in total. The van der Waals surface area contributed by atoms with E-state index in [1.54, 1.807) is 0 Å². The highest BCUT2D eigenvalue weighted by atomic mass is 35.5. The number of amides is 1. The molecule has 0 saturated carbocycles. The van der Waals surface area contributed by atoms with Crippen LogP contribution in [0.1, 0.15) is 12.8 Å². The number of halogens is 4. The van der Waals surface area contributed by atoms with E-state index in [4.69, 9.17) is 21.2 Å². The molecule has 0 aromatic carbocycles. The van der Waals surface area contributed by atoms with Crippen LogP contribution in [0.2, 0.25) is 5.02 Å². The standard InChI is InChI=1S/C14H14ClF3N3O4/c15-8-5-10-12(20-6-8)24-7-11(22)21(10,9-1-3-19-4-2-9)25-13(23)14(16,17)18/h5-6,9,19H,1-4,7H2/q+1. The van der Waals surface area contributed by atoms with Crippen LogP contribution in [0.3, 0.4) is 0 Å². The molecule has 0 bridgehead atoms. The van der Waals surface area contributed by atoms with Crippen LogP contribution < -0.4 is 14.7 Å². The number of nitrogens with zero attached hydrogens (tertiary/aromatic N) is 2. The van der Waals surface area contributed by atoms with Gasteiger partial charge in [0.2, 0.25) is 12.3 Å². The Kier molecular flexibility index (Phi) is 4.60. The van der Waals surface area contributed by atoms with Crippen molar-refractivity contribution in [3.8, 4) is 5.88 Å². The fourth-order valence-electron chi connectivity index (χ4n) is 3.05. The third kappa shape index (κ3) is 3.16. The number of fused-ring (bicyclic) bond motifs is 1. The topological polar surface area (TPSA) is 77.5 Å². The Morgan fingerprint density at radius 2 is 2.08 bits per heavy atom. The molecule has 1 aromatic rings. The molecule has 0 aliphatic carbocycles. The van der Waals surface area contributed by atoms with Gasteiger partial charge >= 0.3 is 18.1 Å². The number of piperidine rings is 1. The largest absolute Gasteiger partial charge is 0.497 e. The van der Waals surface area contributed by atoms with Gasteiger partial charge in [-0.15, -0.1) is 0 Å². The Bertz CT molecular complexity index is 709. The summed E-state index contributed by atoms with van der Waals surface area (Å²) < 4.78 is 42.5. The van der Waals surface area contributed by atoms with E-state index >= 15 is 0 Å². The summed E-state index contributed by atoms with van der Waals surface area (Å²) in [6.07, 6.45) is -3.37. The lowest BCUT2D eigenvalue weighted by atomic mass is 10.0. The third-order valence-electron chi connectivity index (χ3n) is 4.14. The Morgan fingerprint density at radius 1 is 1.40 bits per heavy atom. The monoisotopic (exact) mass is 380 g/mol. The number of ether oxygens (including phenoxy) is 1. The van der Waals surface area contributed by atoms with Gasteiger partial charge in [-0.3, -0.25) is 4.84 Å². The van der Waals surface area contributed by atoms with E-state index in [9.17, 15) is 22.8 Å². The number of nitrogens with one attached hydrogen (secondary N) is 1. The Balaban J connectivity index is 2.15. The van der Waals surface area contributed by atoms with E-state index < -0.39 is 35.3 Å². The quantitative estimate of drug-likeness (QED) is 0.787. The predicted molar refractivity (Wildman–Crippen MR) is 79.6 cm³/mol. The number of hydrogen-bond acceptors (Lipinski definition) is 6. The van der Waals surface area contributed by atoms with Crippen molar-refractivity contribution in [2.75, 3.05) is 19.7 Å². The van der Waals surface area contributed by atoms with Crippen molar-refractivity contribution < 1.29 is 32.3 Å². The van der Waals surface area contributed by atoms with Crippen molar-refractivity contribution in [1.29, 1.82) is 0 Å². The molecule has 2 aliphatic heterocycles. The van der Waals surface area contributed by atoms with Crippen LogP contribution in [0.5, 0.6) is 5.88 Å². The maximum atomic E-state index is 12.8. The van der Waals surface area contributed by atoms with E-state index in [0.717, 1.165) is 0 Å². The average molecular weight is 381 g/mol. The number of hydroxylamine groups is 2. The molecule has 1 atom stereocenters. The van der Waals surface area contributed by atoms with Gasteiger partial charge in [-0.1, -0.05) is 11.6 Å². The number of alkyl halides is 3. The van der Waals surface area contributed by atoms with Crippen molar-refractivity contribution in [2.45, 2.75) is 25.1 Å². The number of carbonyl (C=O) groups is 2. The lowest BCUT2D eigenvalue weighted by molar-refractivity contribution is -0.243. The van der Waals surface area contributed by atoms with Crippen LogP contribution in [-0.4, -0.2) is 48.8 Å². The van der Waals surface area contributed by atoms with Crippen LogP contribution in [-0.2, 0) is 14.4 Å². The van der Waals surface area contributed by atoms with Crippen LogP contribution in [0.25, 0.3) is 0 Å². The second-order valence-corrected chi connectivity index (χ2v) is 6.11. The third-order valence-corrected chi connectivity index (χ3v) is 4.35. The molecule has 1 fully saturated rings. The lowest BCUT2D eigenvalue weighted by Gasteiger charge is -2.41. The molecule has 0 spiro atoms. The molecule has 11 heteroatoms. The van der Waals surface area contributed by atoms with Crippen molar-refractivity contribution >= 4 is 29.2 Å². The minimum absolute atomic E-state index is 0.0801. The number of pyridine rings is 1. The fraction of sp³-hybridized carbons (Fsp3) is 0.500. The van der Waals surface area contributed by atoms with Crippen LogP contribution in [0, 0.1) is 0 Å². The predicted octanol–water partition coefficient (Wildman–Crippen LogP) is 1.73. The number of aromatic nitrogens is 1. The summed E-state index contributed by atoms with van der Waals surface area (Å²) in [6.45, 7) is 0.369. The van der Waals surface area contributed by atoms with Gasteiger partial charge in [0.1, 0.15) is 6.04 Å².